The Morgan fingerprint density at radius 3 is 3.06 bits per heavy atom. The number of carbonyl (C=O) groups is 1. The Balaban J connectivity index is 2.09. The number of aromatic nitrogens is 3. The number of ether oxygens (including phenoxy) is 1. The van der Waals surface area contributed by atoms with Crippen molar-refractivity contribution in [3.63, 3.8) is 0 Å². The molecule has 0 aliphatic carbocycles. The van der Waals surface area contributed by atoms with Crippen molar-refractivity contribution >= 4 is 17.7 Å². The van der Waals surface area contributed by atoms with Crippen molar-refractivity contribution in [2.45, 2.75) is 30.5 Å². The standard InChI is InChI=1S/C10H15N3O3S/c1-6-7(3-4-16-6)9-11-10(13(2)12-9)17-5-8(14)15/h6-7H,3-5H2,1-2H3,(H,14,15). The lowest BCUT2D eigenvalue weighted by Gasteiger charge is -2.08. The summed E-state index contributed by atoms with van der Waals surface area (Å²) in [6.07, 6.45) is 1.06. The molecule has 0 amide bonds. The Bertz CT molecular complexity index is 421. The summed E-state index contributed by atoms with van der Waals surface area (Å²) in [5.74, 6) is 0.130. The number of rotatable bonds is 4. The summed E-state index contributed by atoms with van der Waals surface area (Å²) in [5.41, 5.74) is 0. The Morgan fingerprint density at radius 2 is 2.47 bits per heavy atom. The van der Waals surface area contributed by atoms with Crippen LogP contribution in [0.5, 0.6) is 0 Å². The predicted molar refractivity (Wildman–Crippen MR) is 62.1 cm³/mol. The molecule has 2 atom stereocenters. The van der Waals surface area contributed by atoms with Crippen LogP contribution in [0.3, 0.4) is 0 Å². The van der Waals surface area contributed by atoms with Crippen molar-refractivity contribution in [2.75, 3.05) is 12.4 Å². The Kier molecular flexibility index (Phi) is 3.68. The molecule has 2 rings (SSSR count). The van der Waals surface area contributed by atoms with Crippen LogP contribution in [0.1, 0.15) is 25.1 Å². The molecule has 1 aromatic heterocycles. The lowest BCUT2D eigenvalue weighted by Crippen LogP contribution is -2.11. The Hall–Kier alpha value is -1.08. The van der Waals surface area contributed by atoms with Gasteiger partial charge in [-0.05, 0) is 13.3 Å². The van der Waals surface area contributed by atoms with E-state index in [-0.39, 0.29) is 17.8 Å². The molecule has 1 aliphatic heterocycles. The summed E-state index contributed by atoms with van der Waals surface area (Å²) in [6, 6.07) is 0. The van der Waals surface area contributed by atoms with Gasteiger partial charge in [-0.15, -0.1) is 0 Å². The first-order valence-electron chi connectivity index (χ1n) is 5.45. The SMILES string of the molecule is CC1OCCC1c1nc(SCC(=O)O)n(C)n1. The molecule has 1 fully saturated rings. The summed E-state index contributed by atoms with van der Waals surface area (Å²) in [7, 11) is 1.78. The van der Waals surface area contributed by atoms with E-state index < -0.39 is 5.97 Å². The van der Waals surface area contributed by atoms with Gasteiger partial charge in [0.2, 0.25) is 0 Å². The van der Waals surface area contributed by atoms with E-state index in [1.165, 1.54) is 11.8 Å². The Morgan fingerprint density at radius 1 is 1.71 bits per heavy atom. The molecule has 1 aliphatic rings. The largest absolute Gasteiger partial charge is 0.481 e. The van der Waals surface area contributed by atoms with Crippen molar-refractivity contribution in [1.29, 1.82) is 0 Å². The maximum absolute atomic E-state index is 10.5. The minimum Gasteiger partial charge on any atom is -0.481 e. The predicted octanol–water partition coefficient (Wildman–Crippen LogP) is 0.884. The van der Waals surface area contributed by atoms with E-state index in [9.17, 15) is 4.79 Å². The van der Waals surface area contributed by atoms with Gasteiger partial charge in [0.15, 0.2) is 11.0 Å². The molecule has 7 heteroatoms. The monoisotopic (exact) mass is 257 g/mol. The van der Waals surface area contributed by atoms with Crippen LogP contribution in [0.2, 0.25) is 0 Å². The molecular weight excluding hydrogens is 242 g/mol. The molecule has 1 N–H and O–H groups in total. The van der Waals surface area contributed by atoms with Gasteiger partial charge in [-0.3, -0.25) is 4.79 Å². The molecule has 0 spiro atoms. The fourth-order valence-electron chi connectivity index (χ4n) is 1.87. The minimum absolute atomic E-state index is 0.00267. The van der Waals surface area contributed by atoms with E-state index in [1.54, 1.807) is 11.7 Å². The van der Waals surface area contributed by atoms with E-state index >= 15 is 0 Å². The third-order valence-electron chi connectivity index (χ3n) is 2.77. The highest BCUT2D eigenvalue weighted by molar-refractivity contribution is 7.99. The third-order valence-corrected chi connectivity index (χ3v) is 3.78. The first kappa shape index (κ1) is 12.4. The quantitative estimate of drug-likeness (QED) is 0.807. The zero-order chi connectivity index (χ0) is 12.4. The van der Waals surface area contributed by atoms with Crippen molar-refractivity contribution in [3.8, 4) is 0 Å². The third kappa shape index (κ3) is 2.78. The molecule has 0 aromatic carbocycles. The molecule has 6 nitrogen and oxygen atoms in total. The van der Waals surface area contributed by atoms with Gasteiger partial charge < -0.3 is 9.84 Å². The maximum Gasteiger partial charge on any atom is 0.313 e. The molecule has 1 saturated heterocycles. The minimum atomic E-state index is -0.850. The van der Waals surface area contributed by atoms with Crippen LogP contribution in [-0.2, 0) is 16.6 Å². The molecule has 0 saturated carbocycles. The summed E-state index contributed by atoms with van der Waals surface area (Å²) in [4.78, 5) is 14.9. The fourth-order valence-corrected chi connectivity index (χ4v) is 2.51. The zero-order valence-electron chi connectivity index (χ0n) is 9.79. The van der Waals surface area contributed by atoms with Crippen LogP contribution in [-0.4, -0.2) is 44.3 Å². The number of hydrogen-bond acceptors (Lipinski definition) is 5. The number of thioether (sulfide) groups is 1. The van der Waals surface area contributed by atoms with Gasteiger partial charge >= 0.3 is 5.97 Å². The average Bonchev–Trinajstić information content (AvgIpc) is 2.82. The van der Waals surface area contributed by atoms with E-state index in [1.807, 2.05) is 6.92 Å². The maximum atomic E-state index is 10.5. The van der Waals surface area contributed by atoms with Gasteiger partial charge in [-0.25, -0.2) is 9.67 Å². The second-order valence-electron chi connectivity index (χ2n) is 4.03. The van der Waals surface area contributed by atoms with E-state index in [4.69, 9.17) is 9.84 Å². The van der Waals surface area contributed by atoms with Gasteiger partial charge in [-0.1, -0.05) is 11.8 Å². The average molecular weight is 257 g/mol. The lowest BCUT2D eigenvalue weighted by molar-refractivity contribution is -0.133. The number of aliphatic carboxylic acids is 1. The topological polar surface area (TPSA) is 77.2 Å². The summed E-state index contributed by atoms with van der Waals surface area (Å²) in [5, 5.41) is 13.6. The normalized spacial score (nSPS) is 24.1. The molecule has 2 heterocycles. The van der Waals surface area contributed by atoms with Crippen LogP contribution < -0.4 is 0 Å². The first-order chi connectivity index (χ1) is 8.08. The molecule has 0 bridgehead atoms. The van der Waals surface area contributed by atoms with Crippen molar-refractivity contribution < 1.29 is 14.6 Å². The number of nitrogens with zero attached hydrogens (tertiary/aromatic N) is 3. The van der Waals surface area contributed by atoms with Gasteiger partial charge in [-0.2, -0.15) is 5.10 Å². The number of carboxylic acids is 1. The van der Waals surface area contributed by atoms with E-state index in [0.29, 0.717) is 5.16 Å². The molecular formula is C10H15N3O3S. The molecule has 94 valence electrons. The van der Waals surface area contributed by atoms with Crippen LogP contribution >= 0.6 is 11.8 Å². The van der Waals surface area contributed by atoms with Crippen molar-refractivity contribution in [1.82, 2.24) is 14.8 Å². The number of carboxylic acid groups (broad SMARTS) is 1. The van der Waals surface area contributed by atoms with Crippen LogP contribution in [0.25, 0.3) is 0 Å². The second kappa shape index (κ2) is 5.05. The highest BCUT2D eigenvalue weighted by Crippen LogP contribution is 2.30. The van der Waals surface area contributed by atoms with Crippen LogP contribution in [0.4, 0.5) is 0 Å². The molecule has 1 aromatic rings. The zero-order valence-corrected chi connectivity index (χ0v) is 10.6. The smallest absolute Gasteiger partial charge is 0.313 e. The summed E-state index contributed by atoms with van der Waals surface area (Å²) < 4.78 is 7.11. The van der Waals surface area contributed by atoms with Crippen molar-refractivity contribution in [3.05, 3.63) is 5.82 Å². The molecule has 0 radical (unpaired) electrons. The number of aryl methyl sites for hydroxylation is 1. The summed E-state index contributed by atoms with van der Waals surface area (Å²) in [6.45, 7) is 2.75. The van der Waals surface area contributed by atoms with Gasteiger partial charge in [0, 0.05) is 19.6 Å². The molecule has 17 heavy (non-hydrogen) atoms. The van der Waals surface area contributed by atoms with E-state index in [0.717, 1.165) is 18.9 Å². The fraction of sp³-hybridized carbons (Fsp3) is 0.700. The first-order valence-corrected chi connectivity index (χ1v) is 6.43. The lowest BCUT2D eigenvalue weighted by atomic mass is 10.0. The van der Waals surface area contributed by atoms with Crippen LogP contribution in [0, 0.1) is 0 Å². The van der Waals surface area contributed by atoms with Gasteiger partial charge in [0.25, 0.3) is 0 Å². The highest BCUT2D eigenvalue weighted by atomic mass is 32.2. The summed E-state index contributed by atoms with van der Waals surface area (Å²) >= 11 is 1.18. The van der Waals surface area contributed by atoms with Crippen LogP contribution in [0.15, 0.2) is 5.16 Å². The van der Waals surface area contributed by atoms with Crippen molar-refractivity contribution in [2.24, 2.45) is 7.05 Å². The number of hydrogen-bond donors (Lipinski definition) is 1. The Labute approximate surface area is 103 Å². The van der Waals surface area contributed by atoms with Gasteiger partial charge in [0.1, 0.15) is 0 Å². The van der Waals surface area contributed by atoms with Gasteiger partial charge in [0.05, 0.1) is 11.9 Å². The molecule has 2 unspecified atom stereocenters. The highest BCUT2D eigenvalue weighted by Gasteiger charge is 2.29. The van der Waals surface area contributed by atoms with E-state index in [2.05, 4.69) is 10.1 Å². The second-order valence-corrected chi connectivity index (χ2v) is 4.97.